The Morgan fingerprint density at radius 1 is 1.53 bits per heavy atom. The number of carbonyl (C=O) groups is 1. The monoisotopic (exact) mass is 273 g/mol. The zero-order chi connectivity index (χ0) is 10.9. The maximum atomic E-state index is 11.3. The highest BCUT2D eigenvalue weighted by Crippen LogP contribution is 1.98. The Morgan fingerprint density at radius 2 is 2.40 bits per heavy atom. The van der Waals surface area contributed by atoms with Gasteiger partial charge in [-0.05, 0) is 12.8 Å². The fraction of sp³-hybridized carbons (Fsp3) is 0.600. The number of unbranched alkanes of at least 4 members (excludes halogenated alkanes) is 1. The van der Waals surface area contributed by atoms with Gasteiger partial charge >= 0.3 is 0 Å². The van der Waals surface area contributed by atoms with Crippen LogP contribution in [0, 0.1) is 0 Å². The van der Waals surface area contributed by atoms with Crippen LogP contribution in [0.2, 0.25) is 0 Å². The van der Waals surface area contributed by atoms with E-state index in [1.807, 2.05) is 0 Å². The standard InChI is InChI=1S/C10H16BrN3O/c11-5-2-1-3-10(15)14-6-4-9-12-7-8-13-9/h7-8H,1-6H2,(H,12,13)(H,14,15). The number of amides is 1. The lowest BCUT2D eigenvalue weighted by Crippen LogP contribution is -2.25. The van der Waals surface area contributed by atoms with Crippen LogP contribution in [0.3, 0.4) is 0 Å². The van der Waals surface area contributed by atoms with Gasteiger partial charge in [0.05, 0.1) is 0 Å². The zero-order valence-corrected chi connectivity index (χ0v) is 10.2. The van der Waals surface area contributed by atoms with Gasteiger partial charge in [0.2, 0.25) is 5.91 Å². The van der Waals surface area contributed by atoms with E-state index in [1.54, 1.807) is 12.4 Å². The molecule has 5 heteroatoms. The van der Waals surface area contributed by atoms with Crippen molar-refractivity contribution in [1.82, 2.24) is 15.3 Å². The molecule has 1 amide bonds. The van der Waals surface area contributed by atoms with Gasteiger partial charge in [0, 0.05) is 37.1 Å². The maximum Gasteiger partial charge on any atom is 0.220 e. The Bertz CT molecular complexity index is 274. The van der Waals surface area contributed by atoms with E-state index in [0.717, 1.165) is 30.4 Å². The second kappa shape index (κ2) is 7.45. The van der Waals surface area contributed by atoms with Crippen molar-refractivity contribution in [3.8, 4) is 0 Å². The molecular formula is C10H16BrN3O. The van der Waals surface area contributed by atoms with Crippen LogP contribution in [0.4, 0.5) is 0 Å². The summed E-state index contributed by atoms with van der Waals surface area (Å²) < 4.78 is 0. The topological polar surface area (TPSA) is 57.8 Å². The average molecular weight is 274 g/mol. The largest absolute Gasteiger partial charge is 0.356 e. The number of carbonyl (C=O) groups excluding carboxylic acids is 1. The highest BCUT2D eigenvalue weighted by molar-refractivity contribution is 9.09. The van der Waals surface area contributed by atoms with Crippen LogP contribution in [-0.2, 0) is 11.2 Å². The van der Waals surface area contributed by atoms with Crippen molar-refractivity contribution in [2.45, 2.75) is 25.7 Å². The molecule has 0 atom stereocenters. The summed E-state index contributed by atoms with van der Waals surface area (Å²) in [4.78, 5) is 18.4. The first kappa shape index (κ1) is 12.2. The molecule has 0 bridgehead atoms. The molecule has 2 N–H and O–H groups in total. The van der Waals surface area contributed by atoms with Crippen molar-refractivity contribution in [2.75, 3.05) is 11.9 Å². The number of nitrogens with zero attached hydrogens (tertiary/aromatic N) is 1. The number of alkyl halides is 1. The molecule has 0 fully saturated rings. The highest BCUT2D eigenvalue weighted by Gasteiger charge is 2.00. The Balaban J connectivity index is 2.02. The SMILES string of the molecule is O=C(CCCCBr)NCCc1ncc[nH]1. The molecule has 1 rings (SSSR count). The molecule has 0 radical (unpaired) electrons. The molecule has 15 heavy (non-hydrogen) atoms. The van der Waals surface area contributed by atoms with Gasteiger partial charge in [-0.15, -0.1) is 0 Å². The first-order chi connectivity index (χ1) is 7.33. The Kier molecular flexibility index (Phi) is 6.08. The smallest absolute Gasteiger partial charge is 0.220 e. The summed E-state index contributed by atoms with van der Waals surface area (Å²) >= 11 is 3.33. The van der Waals surface area contributed by atoms with E-state index < -0.39 is 0 Å². The average Bonchev–Trinajstić information content (AvgIpc) is 2.71. The van der Waals surface area contributed by atoms with Crippen molar-refractivity contribution in [3.05, 3.63) is 18.2 Å². The fourth-order valence-corrected chi connectivity index (χ4v) is 1.62. The third-order valence-electron chi connectivity index (χ3n) is 2.03. The van der Waals surface area contributed by atoms with Crippen LogP contribution in [0.5, 0.6) is 0 Å². The second-order valence-electron chi connectivity index (χ2n) is 3.28. The van der Waals surface area contributed by atoms with Gasteiger partial charge in [-0.1, -0.05) is 15.9 Å². The molecule has 0 saturated carbocycles. The van der Waals surface area contributed by atoms with Crippen LogP contribution in [-0.4, -0.2) is 27.7 Å². The number of aromatic amines is 1. The third kappa shape index (κ3) is 5.57. The lowest BCUT2D eigenvalue weighted by atomic mass is 10.2. The van der Waals surface area contributed by atoms with E-state index in [4.69, 9.17) is 0 Å². The summed E-state index contributed by atoms with van der Waals surface area (Å²) in [6.07, 6.45) is 6.87. The maximum absolute atomic E-state index is 11.3. The number of rotatable bonds is 7. The van der Waals surface area contributed by atoms with Gasteiger partial charge in [0.1, 0.15) is 5.82 Å². The van der Waals surface area contributed by atoms with Crippen molar-refractivity contribution < 1.29 is 4.79 Å². The molecule has 0 aromatic carbocycles. The first-order valence-electron chi connectivity index (χ1n) is 5.14. The molecule has 1 heterocycles. The number of imidazole rings is 1. The molecule has 0 saturated heterocycles. The van der Waals surface area contributed by atoms with Crippen molar-refractivity contribution >= 4 is 21.8 Å². The van der Waals surface area contributed by atoms with E-state index in [2.05, 4.69) is 31.2 Å². The molecule has 4 nitrogen and oxygen atoms in total. The van der Waals surface area contributed by atoms with Gasteiger partial charge in [-0.25, -0.2) is 4.98 Å². The molecule has 1 aromatic heterocycles. The number of hydrogen-bond donors (Lipinski definition) is 2. The van der Waals surface area contributed by atoms with E-state index in [0.29, 0.717) is 13.0 Å². The van der Waals surface area contributed by atoms with E-state index in [1.165, 1.54) is 0 Å². The number of halogens is 1. The second-order valence-corrected chi connectivity index (χ2v) is 4.07. The minimum atomic E-state index is 0.127. The summed E-state index contributed by atoms with van der Waals surface area (Å²) in [6.45, 7) is 0.653. The van der Waals surface area contributed by atoms with Crippen molar-refractivity contribution in [1.29, 1.82) is 0 Å². The van der Waals surface area contributed by atoms with E-state index >= 15 is 0 Å². The third-order valence-corrected chi connectivity index (χ3v) is 2.59. The number of hydrogen-bond acceptors (Lipinski definition) is 2. The summed E-state index contributed by atoms with van der Waals surface area (Å²) in [5, 5.41) is 3.83. The molecule has 1 aromatic rings. The predicted octanol–water partition coefficient (Wildman–Crippen LogP) is 1.63. The van der Waals surface area contributed by atoms with E-state index in [9.17, 15) is 4.79 Å². The van der Waals surface area contributed by atoms with Gasteiger partial charge < -0.3 is 10.3 Å². The fourth-order valence-electron chi connectivity index (χ4n) is 1.22. The van der Waals surface area contributed by atoms with Crippen LogP contribution < -0.4 is 5.32 Å². The van der Waals surface area contributed by atoms with Crippen molar-refractivity contribution in [3.63, 3.8) is 0 Å². The molecule has 0 aliphatic heterocycles. The summed E-state index contributed by atoms with van der Waals surface area (Å²) in [7, 11) is 0. The Morgan fingerprint density at radius 3 is 3.07 bits per heavy atom. The van der Waals surface area contributed by atoms with Crippen LogP contribution in [0.15, 0.2) is 12.4 Å². The minimum absolute atomic E-state index is 0.127. The molecule has 0 aliphatic rings. The highest BCUT2D eigenvalue weighted by atomic mass is 79.9. The summed E-state index contributed by atoms with van der Waals surface area (Å²) in [5.41, 5.74) is 0. The predicted molar refractivity (Wildman–Crippen MR) is 62.9 cm³/mol. The summed E-state index contributed by atoms with van der Waals surface area (Å²) in [6, 6.07) is 0. The van der Waals surface area contributed by atoms with Gasteiger partial charge in [-0.2, -0.15) is 0 Å². The van der Waals surface area contributed by atoms with Crippen LogP contribution in [0.25, 0.3) is 0 Å². The van der Waals surface area contributed by atoms with Crippen molar-refractivity contribution in [2.24, 2.45) is 0 Å². The van der Waals surface area contributed by atoms with Gasteiger partial charge in [0.25, 0.3) is 0 Å². The first-order valence-corrected chi connectivity index (χ1v) is 6.26. The molecule has 0 spiro atoms. The molecule has 0 unspecified atom stereocenters. The van der Waals surface area contributed by atoms with Gasteiger partial charge in [-0.3, -0.25) is 4.79 Å². The molecule has 84 valence electrons. The van der Waals surface area contributed by atoms with Gasteiger partial charge in [0.15, 0.2) is 0 Å². The van der Waals surface area contributed by atoms with Crippen LogP contribution in [0.1, 0.15) is 25.1 Å². The summed E-state index contributed by atoms with van der Waals surface area (Å²) in [5.74, 6) is 1.04. The normalized spacial score (nSPS) is 10.2. The Labute approximate surface area is 98.0 Å². The minimum Gasteiger partial charge on any atom is -0.356 e. The Hall–Kier alpha value is -0.840. The number of aromatic nitrogens is 2. The van der Waals surface area contributed by atoms with Crippen LogP contribution >= 0.6 is 15.9 Å². The zero-order valence-electron chi connectivity index (χ0n) is 8.63. The molecular weight excluding hydrogens is 258 g/mol. The lowest BCUT2D eigenvalue weighted by Gasteiger charge is -2.02. The lowest BCUT2D eigenvalue weighted by molar-refractivity contribution is -0.121. The number of nitrogens with one attached hydrogen (secondary N) is 2. The number of H-pyrrole nitrogens is 1. The van der Waals surface area contributed by atoms with E-state index in [-0.39, 0.29) is 5.91 Å². The quantitative estimate of drug-likeness (QED) is 0.586. The molecule has 0 aliphatic carbocycles.